The summed E-state index contributed by atoms with van der Waals surface area (Å²) in [6, 6.07) is 0. The predicted octanol–water partition coefficient (Wildman–Crippen LogP) is 3.84. The molecule has 0 aliphatic carbocycles. The Hall–Kier alpha value is -0.610. The van der Waals surface area contributed by atoms with Crippen LogP contribution in [0.25, 0.3) is 0 Å². The monoisotopic (exact) mass is 272 g/mol. The van der Waals surface area contributed by atoms with Crippen LogP contribution in [0.2, 0.25) is 0 Å². The van der Waals surface area contributed by atoms with Crippen molar-refractivity contribution in [3.8, 4) is 0 Å². The molecule has 0 N–H and O–H groups in total. The second-order valence-electron chi connectivity index (χ2n) is 6.85. The molecular weight excluding hydrogens is 244 g/mol. The van der Waals surface area contributed by atoms with Crippen LogP contribution >= 0.6 is 0 Å². The van der Waals surface area contributed by atoms with Crippen molar-refractivity contribution in [2.24, 2.45) is 11.3 Å². The lowest BCUT2D eigenvalue weighted by molar-refractivity contribution is -0.152. The van der Waals surface area contributed by atoms with E-state index in [1.54, 1.807) is 0 Å². The van der Waals surface area contributed by atoms with E-state index in [2.05, 4.69) is 27.7 Å². The number of unbranched alkanes of at least 4 members (excludes halogenated alkanes) is 1. The standard InChI is InChI=1S/C15H28O4/c1-6-7-8-12(9-10-15(5)18-19-15)13(16)17-11-14(2,3)4/h12H,6-11H2,1-5H3. The Bertz CT molecular complexity index is 289. The van der Waals surface area contributed by atoms with Crippen LogP contribution in [0.3, 0.4) is 0 Å². The van der Waals surface area contributed by atoms with Crippen LogP contribution in [0.4, 0.5) is 0 Å². The van der Waals surface area contributed by atoms with Gasteiger partial charge in [-0.25, -0.2) is 0 Å². The molecule has 1 rings (SSSR count). The Kier molecular flexibility index (Phi) is 5.81. The lowest BCUT2D eigenvalue weighted by Gasteiger charge is -2.21. The molecule has 1 unspecified atom stereocenters. The second kappa shape index (κ2) is 6.71. The topological polar surface area (TPSA) is 51.4 Å². The highest BCUT2D eigenvalue weighted by molar-refractivity contribution is 5.72. The minimum Gasteiger partial charge on any atom is -0.465 e. The summed E-state index contributed by atoms with van der Waals surface area (Å²) in [4.78, 5) is 21.9. The number of esters is 1. The summed E-state index contributed by atoms with van der Waals surface area (Å²) in [5.74, 6) is -0.575. The highest BCUT2D eigenvalue weighted by atomic mass is 17.4. The Balaban J connectivity index is 2.39. The first-order valence-corrected chi connectivity index (χ1v) is 7.29. The van der Waals surface area contributed by atoms with Crippen molar-refractivity contribution in [3.05, 3.63) is 0 Å². The van der Waals surface area contributed by atoms with Crippen LogP contribution in [0.1, 0.15) is 66.7 Å². The summed E-state index contributed by atoms with van der Waals surface area (Å²) in [7, 11) is 0. The molecule has 4 nitrogen and oxygen atoms in total. The van der Waals surface area contributed by atoms with Crippen molar-refractivity contribution in [1.82, 2.24) is 0 Å². The normalized spacial score (nSPS) is 19.0. The van der Waals surface area contributed by atoms with Gasteiger partial charge in [-0.2, -0.15) is 9.78 Å². The number of carbonyl (C=O) groups excluding carboxylic acids is 1. The lowest BCUT2D eigenvalue weighted by Crippen LogP contribution is -2.24. The van der Waals surface area contributed by atoms with Crippen LogP contribution < -0.4 is 0 Å². The van der Waals surface area contributed by atoms with Gasteiger partial charge in [0.25, 0.3) is 0 Å². The van der Waals surface area contributed by atoms with Crippen molar-refractivity contribution in [3.63, 3.8) is 0 Å². The molecule has 112 valence electrons. The zero-order chi connectivity index (χ0) is 14.5. The Morgan fingerprint density at radius 3 is 2.37 bits per heavy atom. The fraction of sp³-hybridized carbons (Fsp3) is 0.933. The molecule has 1 fully saturated rings. The van der Waals surface area contributed by atoms with E-state index in [0.717, 1.165) is 32.1 Å². The molecule has 1 aliphatic heterocycles. The molecule has 1 heterocycles. The average molecular weight is 272 g/mol. The maximum atomic E-state index is 12.1. The van der Waals surface area contributed by atoms with E-state index in [-0.39, 0.29) is 17.3 Å². The van der Waals surface area contributed by atoms with Gasteiger partial charge in [-0.1, -0.05) is 40.5 Å². The molecule has 1 saturated heterocycles. The van der Waals surface area contributed by atoms with Crippen molar-refractivity contribution >= 4 is 5.97 Å². The highest BCUT2D eigenvalue weighted by Gasteiger charge is 2.43. The van der Waals surface area contributed by atoms with Crippen molar-refractivity contribution in [1.29, 1.82) is 0 Å². The average Bonchev–Trinajstić information content (AvgIpc) is 3.04. The first-order chi connectivity index (χ1) is 8.76. The quantitative estimate of drug-likeness (QED) is 0.383. The van der Waals surface area contributed by atoms with E-state index in [1.807, 2.05) is 6.92 Å². The van der Waals surface area contributed by atoms with E-state index >= 15 is 0 Å². The summed E-state index contributed by atoms with van der Waals surface area (Å²) in [6.45, 7) is 10.7. The van der Waals surface area contributed by atoms with Crippen molar-refractivity contribution < 1.29 is 19.3 Å². The highest BCUT2D eigenvalue weighted by Crippen LogP contribution is 2.35. The number of hydrogen-bond acceptors (Lipinski definition) is 4. The summed E-state index contributed by atoms with van der Waals surface area (Å²) < 4.78 is 5.43. The Morgan fingerprint density at radius 1 is 1.26 bits per heavy atom. The molecule has 0 saturated carbocycles. The first-order valence-electron chi connectivity index (χ1n) is 7.29. The zero-order valence-corrected chi connectivity index (χ0v) is 13.0. The van der Waals surface area contributed by atoms with Gasteiger partial charge >= 0.3 is 5.97 Å². The molecular formula is C15H28O4. The number of rotatable bonds is 8. The molecule has 4 heteroatoms. The molecule has 1 aliphatic rings. The van der Waals surface area contributed by atoms with E-state index in [0.29, 0.717) is 6.61 Å². The largest absolute Gasteiger partial charge is 0.465 e. The molecule has 1 atom stereocenters. The van der Waals surface area contributed by atoms with Gasteiger partial charge in [-0.3, -0.25) is 4.79 Å². The minimum atomic E-state index is -0.464. The number of hydrogen-bond donors (Lipinski definition) is 0. The zero-order valence-electron chi connectivity index (χ0n) is 13.0. The summed E-state index contributed by atoms with van der Waals surface area (Å²) >= 11 is 0. The molecule has 0 aromatic rings. The fourth-order valence-electron chi connectivity index (χ4n) is 1.83. The number of ether oxygens (including phenoxy) is 1. The summed E-state index contributed by atoms with van der Waals surface area (Å²) in [5.41, 5.74) is 0.0136. The van der Waals surface area contributed by atoms with Crippen molar-refractivity contribution in [2.75, 3.05) is 6.61 Å². The molecule has 0 aromatic heterocycles. The van der Waals surface area contributed by atoms with Crippen LogP contribution in [-0.2, 0) is 19.3 Å². The molecule has 0 amide bonds. The third kappa shape index (κ3) is 6.92. The van der Waals surface area contributed by atoms with Gasteiger partial charge in [0.05, 0.1) is 12.5 Å². The smallest absolute Gasteiger partial charge is 0.308 e. The van der Waals surface area contributed by atoms with Gasteiger partial charge in [-0.15, -0.1) is 0 Å². The predicted molar refractivity (Wildman–Crippen MR) is 73.2 cm³/mol. The fourth-order valence-corrected chi connectivity index (χ4v) is 1.83. The van der Waals surface area contributed by atoms with Gasteiger partial charge in [0.15, 0.2) is 0 Å². The molecule has 0 radical (unpaired) electrons. The van der Waals surface area contributed by atoms with Crippen LogP contribution in [-0.4, -0.2) is 18.4 Å². The van der Waals surface area contributed by atoms with Crippen LogP contribution in [0.15, 0.2) is 0 Å². The SMILES string of the molecule is CCCCC(CCC1(C)OO1)C(=O)OCC(C)(C)C. The van der Waals surface area contributed by atoms with Crippen LogP contribution in [0.5, 0.6) is 0 Å². The summed E-state index contributed by atoms with van der Waals surface area (Å²) in [6.07, 6.45) is 4.53. The first kappa shape index (κ1) is 16.4. The molecule has 0 aromatic carbocycles. The molecule has 0 spiro atoms. The summed E-state index contributed by atoms with van der Waals surface area (Å²) in [5, 5.41) is 0. The lowest BCUT2D eigenvalue weighted by atomic mass is 9.94. The maximum Gasteiger partial charge on any atom is 0.308 e. The van der Waals surface area contributed by atoms with Gasteiger partial charge in [0.2, 0.25) is 5.79 Å². The number of carbonyl (C=O) groups is 1. The van der Waals surface area contributed by atoms with E-state index < -0.39 is 5.79 Å². The van der Waals surface area contributed by atoms with Gasteiger partial charge in [0.1, 0.15) is 0 Å². The molecule has 19 heavy (non-hydrogen) atoms. The van der Waals surface area contributed by atoms with Crippen molar-refractivity contribution in [2.45, 2.75) is 72.5 Å². The maximum absolute atomic E-state index is 12.1. The minimum absolute atomic E-state index is 0.0136. The Labute approximate surface area is 116 Å². The third-order valence-corrected chi connectivity index (χ3v) is 3.20. The van der Waals surface area contributed by atoms with E-state index in [4.69, 9.17) is 14.5 Å². The second-order valence-corrected chi connectivity index (χ2v) is 6.85. The molecule has 0 bridgehead atoms. The third-order valence-electron chi connectivity index (χ3n) is 3.20. The van der Waals surface area contributed by atoms with Gasteiger partial charge in [-0.05, 0) is 25.2 Å². The van der Waals surface area contributed by atoms with Crippen LogP contribution in [0, 0.1) is 11.3 Å². The van der Waals surface area contributed by atoms with Gasteiger partial charge in [0, 0.05) is 6.42 Å². The Morgan fingerprint density at radius 2 is 1.89 bits per heavy atom. The van der Waals surface area contributed by atoms with E-state index in [1.165, 1.54) is 0 Å². The van der Waals surface area contributed by atoms with E-state index in [9.17, 15) is 4.79 Å². The van der Waals surface area contributed by atoms with Gasteiger partial charge < -0.3 is 4.74 Å².